The quantitative estimate of drug-likeness (QED) is 0.518. The maximum Gasteiger partial charge on any atom is 0.261 e. The smallest absolute Gasteiger partial charge is 0.261 e. The molecule has 0 aliphatic heterocycles. The number of benzene rings is 3. The van der Waals surface area contributed by atoms with Crippen molar-refractivity contribution in [2.45, 2.75) is 24.5 Å². The van der Waals surface area contributed by atoms with Crippen molar-refractivity contribution in [2.24, 2.45) is 0 Å². The number of rotatable bonds is 8. The van der Waals surface area contributed by atoms with Gasteiger partial charge in [-0.05, 0) is 55.8 Å². The number of hydrogen-bond acceptors (Lipinski definition) is 4. The molecular weight excluding hydrogens is 416 g/mol. The Hall–Kier alpha value is -2.77. The number of thioether (sulfide) groups is 1. The van der Waals surface area contributed by atoms with Gasteiger partial charge < -0.3 is 5.32 Å². The Balaban J connectivity index is 1.53. The van der Waals surface area contributed by atoms with Gasteiger partial charge in [0.15, 0.2) is 0 Å². The number of hydrogen-bond donors (Lipinski definition) is 2. The van der Waals surface area contributed by atoms with Crippen LogP contribution in [0.2, 0.25) is 0 Å². The molecule has 0 fully saturated rings. The summed E-state index contributed by atoms with van der Waals surface area (Å²) in [5.74, 6) is 0.959. The van der Waals surface area contributed by atoms with Gasteiger partial charge in [-0.3, -0.25) is 9.52 Å². The van der Waals surface area contributed by atoms with Gasteiger partial charge in [-0.1, -0.05) is 47.5 Å². The van der Waals surface area contributed by atoms with Crippen LogP contribution in [0.3, 0.4) is 0 Å². The first-order valence-electron chi connectivity index (χ1n) is 9.44. The fraction of sp³-hybridized carbons (Fsp3) is 0.174. The number of nitrogens with one attached hydrogen (secondary N) is 2. The SMILES string of the molecule is Cc1ccc(NS(=O)(=O)c2ccc(NC(=O)CSCc3cccc(C)c3)cc2)cc1. The largest absolute Gasteiger partial charge is 0.325 e. The molecule has 156 valence electrons. The summed E-state index contributed by atoms with van der Waals surface area (Å²) in [6, 6.07) is 21.5. The third-order valence-electron chi connectivity index (χ3n) is 4.34. The van der Waals surface area contributed by atoms with E-state index in [-0.39, 0.29) is 10.8 Å². The van der Waals surface area contributed by atoms with Crippen LogP contribution < -0.4 is 10.0 Å². The summed E-state index contributed by atoms with van der Waals surface area (Å²) in [4.78, 5) is 12.3. The van der Waals surface area contributed by atoms with Gasteiger partial charge in [0.25, 0.3) is 10.0 Å². The van der Waals surface area contributed by atoms with Gasteiger partial charge >= 0.3 is 0 Å². The molecule has 0 aliphatic carbocycles. The zero-order valence-electron chi connectivity index (χ0n) is 16.9. The molecule has 0 unspecified atom stereocenters. The fourth-order valence-corrected chi connectivity index (χ4v) is 4.65. The summed E-state index contributed by atoms with van der Waals surface area (Å²) >= 11 is 1.53. The van der Waals surface area contributed by atoms with Crippen LogP contribution in [0.4, 0.5) is 11.4 Å². The molecule has 0 saturated heterocycles. The summed E-state index contributed by atoms with van der Waals surface area (Å²) in [5, 5.41) is 2.80. The number of aryl methyl sites for hydroxylation is 2. The lowest BCUT2D eigenvalue weighted by Gasteiger charge is -2.10. The van der Waals surface area contributed by atoms with E-state index >= 15 is 0 Å². The van der Waals surface area contributed by atoms with Crippen molar-refractivity contribution >= 4 is 39.1 Å². The molecule has 0 atom stereocenters. The molecule has 30 heavy (non-hydrogen) atoms. The summed E-state index contributed by atoms with van der Waals surface area (Å²) < 4.78 is 27.6. The highest BCUT2D eigenvalue weighted by atomic mass is 32.2. The van der Waals surface area contributed by atoms with Crippen molar-refractivity contribution in [2.75, 3.05) is 15.8 Å². The average Bonchev–Trinajstić information content (AvgIpc) is 2.70. The van der Waals surface area contributed by atoms with Crippen LogP contribution in [0.25, 0.3) is 0 Å². The van der Waals surface area contributed by atoms with Gasteiger partial charge in [-0.15, -0.1) is 11.8 Å². The third-order valence-corrected chi connectivity index (χ3v) is 6.74. The van der Waals surface area contributed by atoms with Crippen LogP contribution >= 0.6 is 11.8 Å². The second kappa shape index (κ2) is 9.82. The van der Waals surface area contributed by atoms with E-state index in [1.807, 2.05) is 44.2 Å². The van der Waals surface area contributed by atoms with Crippen LogP contribution in [-0.4, -0.2) is 20.1 Å². The zero-order chi connectivity index (χ0) is 21.6. The average molecular weight is 441 g/mol. The first-order chi connectivity index (χ1) is 14.3. The standard InChI is InChI=1S/C23H24N2O3S2/c1-17-6-8-21(9-7-17)25-30(27,28)22-12-10-20(11-13-22)24-23(26)16-29-15-19-5-3-4-18(2)14-19/h3-14,25H,15-16H2,1-2H3,(H,24,26). The summed E-state index contributed by atoms with van der Waals surface area (Å²) in [7, 11) is -3.69. The topological polar surface area (TPSA) is 75.3 Å². The van der Waals surface area contributed by atoms with Gasteiger partial charge in [0, 0.05) is 17.1 Å². The van der Waals surface area contributed by atoms with Gasteiger partial charge in [-0.2, -0.15) is 0 Å². The minimum atomic E-state index is -3.69. The van der Waals surface area contributed by atoms with E-state index < -0.39 is 10.0 Å². The monoisotopic (exact) mass is 440 g/mol. The normalized spacial score (nSPS) is 11.1. The highest BCUT2D eigenvalue weighted by Gasteiger charge is 2.14. The predicted molar refractivity (Wildman–Crippen MR) is 124 cm³/mol. The van der Waals surface area contributed by atoms with Gasteiger partial charge in [-0.25, -0.2) is 8.42 Å². The molecule has 3 rings (SSSR count). The van der Waals surface area contributed by atoms with Crippen LogP contribution in [0, 0.1) is 13.8 Å². The fourth-order valence-electron chi connectivity index (χ4n) is 2.81. The van der Waals surface area contributed by atoms with Crippen LogP contribution in [0.15, 0.2) is 77.7 Å². The van der Waals surface area contributed by atoms with Crippen LogP contribution in [0.5, 0.6) is 0 Å². The molecule has 2 N–H and O–H groups in total. The Bertz CT molecular complexity index is 1110. The van der Waals surface area contributed by atoms with E-state index in [4.69, 9.17) is 0 Å². The molecule has 0 aliphatic rings. The number of amides is 1. The van der Waals surface area contributed by atoms with Gasteiger partial charge in [0.1, 0.15) is 0 Å². The van der Waals surface area contributed by atoms with Crippen molar-refractivity contribution in [1.82, 2.24) is 0 Å². The predicted octanol–water partition coefficient (Wildman–Crippen LogP) is 4.98. The van der Waals surface area contributed by atoms with Crippen molar-refractivity contribution < 1.29 is 13.2 Å². The summed E-state index contributed by atoms with van der Waals surface area (Å²) in [5.41, 5.74) is 4.50. The molecule has 1 amide bonds. The maximum atomic E-state index is 12.5. The highest BCUT2D eigenvalue weighted by Crippen LogP contribution is 2.19. The number of anilines is 2. The minimum Gasteiger partial charge on any atom is -0.325 e. The Morgan fingerprint density at radius 1 is 0.867 bits per heavy atom. The molecular formula is C23H24N2O3S2. The molecule has 0 saturated carbocycles. The molecule has 3 aromatic carbocycles. The Labute approximate surface area is 182 Å². The van der Waals surface area contributed by atoms with Crippen molar-refractivity contribution in [1.29, 1.82) is 0 Å². The zero-order valence-corrected chi connectivity index (χ0v) is 18.5. The van der Waals surface area contributed by atoms with Crippen LogP contribution in [0.1, 0.15) is 16.7 Å². The van der Waals surface area contributed by atoms with E-state index in [9.17, 15) is 13.2 Å². The molecule has 3 aromatic rings. The third kappa shape index (κ3) is 6.37. The Morgan fingerprint density at radius 3 is 2.20 bits per heavy atom. The van der Waals surface area contributed by atoms with E-state index in [0.717, 1.165) is 11.3 Å². The lowest BCUT2D eigenvalue weighted by Crippen LogP contribution is -2.15. The molecule has 0 bridgehead atoms. The molecule has 0 spiro atoms. The van der Waals surface area contributed by atoms with Crippen molar-refractivity contribution in [3.63, 3.8) is 0 Å². The second-order valence-electron chi connectivity index (χ2n) is 7.03. The van der Waals surface area contributed by atoms with E-state index in [0.29, 0.717) is 17.1 Å². The van der Waals surface area contributed by atoms with E-state index in [2.05, 4.69) is 16.1 Å². The van der Waals surface area contributed by atoms with E-state index in [1.54, 1.807) is 24.3 Å². The molecule has 5 nitrogen and oxygen atoms in total. The first kappa shape index (κ1) is 21.9. The number of sulfonamides is 1. The van der Waals surface area contributed by atoms with Crippen molar-refractivity contribution in [3.05, 3.63) is 89.5 Å². The lowest BCUT2D eigenvalue weighted by molar-refractivity contribution is -0.113. The highest BCUT2D eigenvalue weighted by molar-refractivity contribution is 7.99. The van der Waals surface area contributed by atoms with Crippen molar-refractivity contribution in [3.8, 4) is 0 Å². The van der Waals surface area contributed by atoms with E-state index in [1.165, 1.54) is 35.0 Å². The number of carbonyl (C=O) groups is 1. The summed E-state index contributed by atoms with van der Waals surface area (Å²) in [6.07, 6.45) is 0. The first-order valence-corrected chi connectivity index (χ1v) is 12.1. The molecule has 0 aromatic heterocycles. The second-order valence-corrected chi connectivity index (χ2v) is 9.69. The molecule has 0 radical (unpaired) electrons. The molecule has 0 heterocycles. The Morgan fingerprint density at radius 2 is 1.53 bits per heavy atom. The lowest BCUT2D eigenvalue weighted by atomic mass is 10.2. The molecule has 7 heteroatoms. The Kier molecular flexibility index (Phi) is 7.18. The van der Waals surface area contributed by atoms with Gasteiger partial charge in [0.2, 0.25) is 5.91 Å². The van der Waals surface area contributed by atoms with Crippen LogP contribution in [-0.2, 0) is 20.6 Å². The number of carbonyl (C=O) groups excluding carboxylic acids is 1. The minimum absolute atomic E-state index is 0.124. The summed E-state index contributed by atoms with van der Waals surface area (Å²) in [6.45, 7) is 3.98. The maximum absolute atomic E-state index is 12.5. The van der Waals surface area contributed by atoms with Gasteiger partial charge in [0.05, 0.1) is 10.6 Å².